The highest BCUT2D eigenvalue weighted by Gasteiger charge is 2.43. The van der Waals surface area contributed by atoms with E-state index >= 15 is 0 Å². The SMILES string of the molecule is COC(=O)c1ccc(C2(O)CCCCC2OC)o1. The molecule has 100 valence electrons. The number of ether oxygens (including phenoxy) is 2. The largest absolute Gasteiger partial charge is 0.463 e. The highest BCUT2D eigenvalue weighted by Crippen LogP contribution is 2.39. The summed E-state index contributed by atoms with van der Waals surface area (Å²) in [5, 5.41) is 10.7. The molecule has 18 heavy (non-hydrogen) atoms. The van der Waals surface area contributed by atoms with E-state index in [9.17, 15) is 9.90 Å². The van der Waals surface area contributed by atoms with Gasteiger partial charge in [-0.05, 0) is 31.4 Å². The van der Waals surface area contributed by atoms with Crippen LogP contribution in [0.5, 0.6) is 0 Å². The maximum Gasteiger partial charge on any atom is 0.373 e. The molecule has 1 aliphatic carbocycles. The van der Waals surface area contributed by atoms with Crippen molar-refractivity contribution in [2.24, 2.45) is 0 Å². The number of methoxy groups -OCH3 is 2. The molecule has 1 heterocycles. The van der Waals surface area contributed by atoms with Crippen LogP contribution in [0.15, 0.2) is 16.5 Å². The third-order valence-corrected chi connectivity index (χ3v) is 3.51. The fraction of sp³-hybridized carbons (Fsp3) is 0.615. The van der Waals surface area contributed by atoms with Gasteiger partial charge in [-0.25, -0.2) is 4.79 Å². The first-order valence-corrected chi connectivity index (χ1v) is 6.05. The van der Waals surface area contributed by atoms with Crippen molar-refractivity contribution in [1.29, 1.82) is 0 Å². The molecule has 0 aliphatic heterocycles. The molecule has 1 aromatic rings. The van der Waals surface area contributed by atoms with Crippen LogP contribution >= 0.6 is 0 Å². The van der Waals surface area contributed by atoms with E-state index in [2.05, 4.69) is 4.74 Å². The summed E-state index contributed by atoms with van der Waals surface area (Å²) in [7, 11) is 2.86. The van der Waals surface area contributed by atoms with Gasteiger partial charge in [0.25, 0.3) is 0 Å². The van der Waals surface area contributed by atoms with Gasteiger partial charge in [0.15, 0.2) is 0 Å². The van der Waals surface area contributed by atoms with E-state index in [1.807, 2.05) is 0 Å². The van der Waals surface area contributed by atoms with Crippen LogP contribution in [0.3, 0.4) is 0 Å². The van der Waals surface area contributed by atoms with Crippen molar-refractivity contribution < 1.29 is 23.8 Å². The minimum atomic E-state index is -1.15. The normalized spacial score (nSPS) is 28.1. The van der Waals surface area contributed by atoms with Gasteiger partial charge in [-0.2, -0.15) is 0 Å². The van der Waals surface area contributed by atoms with Crippen LogP contribution in [-0.2, 0) is 15.1 Å². The first kappa shape index (κ1) is 13.1. The first-order chi connectivity index (χ1) is 8.61. The van der Waals surface area contributed by atoms with Gasteiger partial charge in [0.2, 0.25) is 5.76 Å². The predicted octanol–water partition coefficient (Wildman–Crippen LogP) is 1.84. The molecule has 1 saturated carbocycles. The lowest BCUT2D eigenvalue weighted by Gasteiger charge is -2.37. The van der Waals surface area contributed by atoms with Gasteiger partial charge in [-0.3, -0.25) is 0 Å². The van der Waals surface area contributed by atoms with E-state index in [0.29, 0.717) is 12.2 Å². The number of furan rings is 1. The van der Waals surface area contributed by atoms with Crippen LogP contribution in [0.2, 0.25) is 0 Å². The molecule has 0 radical (unpaired) electrons. The van der Waals surface area contributed by atoms with Crippen LogP contribution < -0.4 is 0 Å². The second kappa shape index (κ2) is 5.12. The number of carbonyl (C=O) groups excluding carboxylic acids is 1. The average molecular weight is 254 g/mol. The molecule has 0 bridgehead atoms. The summed E-state index contributed by atoms with van der Waals surface area (Å²) in [6.45, 7) is 0. The van der Waals surface area contributed by atoms with E-state index in [1.165, 1.54) is 13.2 Å². The van der Waals surface area contributed by atoms with Crippen LogP contribution in [0.1, 0.15) is 42.0 Å². The van der Waals surface area contributed by atoms with Crippen molar-refractivity contribution in [3.63, 3.8) is 0 Å². The number of aliphatic hydroxyl groups is 1. The minimum Gasteiger partial charge on any atom is -0.463 e. The van der Waals surface area contributed by atoms with E-state index in [-0.39, 0.29) is 11.9 Å². The van der Waals surface area contributed by atoms with Gasteiger partial charge in [0, 0.05) is 7.11 Å². The number of esters is 1. The highest BCUT2D eigenvalue weighted by atomic mass is 16.5. The van der Waals surface area contributed by atoms with Crippen molar-refractivity contribution in [3.8, 4) is 0 Å². The maximum absolute atomic E-state index is 11.3. The van der Waals surface area contributed by atoms with E-state index < -0.39 is 11.6 Å². The van der Waals surface area contributed by atoms with Crippen LogP contribution in [0.4, 0.5) is 0 Å². The molecule has 1 aromatic heterocycles. The summed E-state index contributed by atoms with van der Waals surface area (Å²) in [5.41, 5.74) is -1.15. The molecule has 1 N–H and O–H groups in total. The molecular formula is C13H18O5. The zero-order valence-corrected chi connectivity index (χ0v) is 10.6. The molecule has 2 rings (SSSR count). The Labute approximate surface area is 106 Å². The predicted molar refractivity (Wildman–Crippen MR) is 63.2 cm³/mol. The summed E-state index contributed by atoms with van der Waals surface area (Å²) < 4.78 is 15.3. The number of hydrogen-bond acceptors (Lipinski definition) is 5. The average Bonchev–Trinajstić information content (AvgIpc) is 2.88. The van der Waals surface area contributed by atoms with Crippen LogP contribution in [0.25, 0.3) is 0 Å². The molecular weight excluding hydrogens is 236 g/mol. The first-order valence-electron chi connectivity index (χ1n) is 6.05. The lowest BCUT2D eigenvalue weighted by Crippen LogP contribution is -2.43. The Kier molecular flexibility index (Phi) is 3.73. The Morgan fingerprint density at radius 3 is 2.89 bits per heavy atom. The number of carbonyl (C=O) groups is 1. The zero-order valence-electron chi connectivity index (χ0n) is 10.6. The summed E-state index contributed by atoms with van der Waals surface area (Å²) in [4.78, 5) is 11.3. The molecule has 1 fully saturated rings. The van der Waals surface area contributed by atoms with Gasteiger partial charge in [0.05, 0.1) is 13.2 Å². The topological polar surface area (TPSA) is 68.9 Å². The van der Waals surface area contributed by atoms with Gasteiger partial charge >= 0.3 is 5.97 Å². The molecule has 2 atom stereocenters. The summed E-state index contributed by atoms with van der Waals surface area (Å²) in [6, 6.07) is 3.13. The third kappa shape index (κ3) is 2.15. The van der Waals surface area contributed by atoms with E-state index in [1.54, 1.807) is 13.2 Å². The van der Waals surface area contributed by atoms with Crippen molar-refractivity contribution in [1.82, 2.24) is 0 Å². The molecule has 0 aromatic carbocycles. The third-order valence-electron chi connectivity index (χ3n) is 3.51. The van der Waals surface area contributed by atoms with E-state index in [0.717, 1.165) is 19.3 Å². The van der Waals surface area contributed by atoms with Crippen molar-refractivity contribution >= 4 is 5.97 Å². The Morgan fingerprint density at radius 2 is 2.22 bits per heavy atom. The van der Waals surface area contributed by atoms with Gasteiger partial charge in [-0.1, -0.05) is 6.42 Å². The van der Waals surface area contributed by atoms with Crippen molar-refractivity contribution in [3.05, 3.63) is 23.7 Å². The van der Waals surface area contributed by atoms with E-state index in [4.69, 9.17) is 9.15 Å². The standard InChI is InChI=1S/C13H18O5/c1-16-10-5-3-4-8-13(10,15)11-7-6-9(18-11)12(14)17-2/h6-7,10,15H,3-5,8H2,1-2H3. The summed E-state index contributed by atoms with van der Waals surface area (Å²) in [5.74, 6) is -0.0783. The lowest BCUT2D eigenvalue weighted by molar-refractivity contribution is -0.133. The Balaban J connectivity index is 2.28. The van der Waals surface area contributed by atoms with Gasteiger partial charge in [0.1, 0.15) is 11.4 Å². The molecule has 0 spiro atoms. The van der Waals surface area contributed by atoms with Crippen LogP contribution in [0, 0.1) is 0 Å². The smallest absolute Gasteiger partial charge is 0.373 e. The van der Waals surface area contributed by atoms with Crippen molar-refractivity contribution in [2.45, 2.75) is 37.4 Å². The fourth-order valence-corrected chi connectivity index (χ4v) is 2.50. The second-order valence-electron chi connectivity index (χ2n) is 4.55. The lowest BCUT2D eigenvalue weighted by atomic mass is 9.80. The zero-order chi connectivity index (χ0) is 13.2. The Hall–Kier alpha value is -1.33. The Bertz CT molecular complexity index is 425. The van der Waals surface area contributed by atoms with Crippen molar-refractivity contribution in [2.75, 3.05) is 14.2 Å². The quantitative estimate of drug-likeness (QED) is 0.833. The molecule has 2 unspecified atom stereocenters. The molecule has 5 nitrogen and oxygen atoms in total. The molecule has 1 aliphatic rings. The highest BCUT2D eigenvalue weighted by molar-refractivity contribution is 5.86. The molecule has 5 heteroatoms. The van der Waals surface area contributed by atoms with Gasteiger partial charge in [-0.15, -0.1) is 0 Å². The second-order valence-corrected chi connectivity index (χ2v) is 4.55. The monoisotopic (exact) mass is 254 g/mol. The number of rotatable bonds is 3. The summed E-state index contributed by atoms with van der Waals surface area (Å²) in [6.07, 6.45) is 2.97. The Morgan fingerprint density at radius 1 is 1.44 bits per heavy atom. The molecule has 0 saturated heterocycles. The molecule has 0 amide bonds. The minimum absolute atomic E-state index is 0.0985. The van der Waals surface area contributed by atoms with Gasteiger partial charge < -0.3 is 19.0 Å². The maximum atomic E-state index is 11.3. The number of hydrogen-bond donors (Lipinski definition) is 1. The summed E-state index contributed by atoms with van der Waals surface area (Å²) >= 11 is 0. The fourth-order valence-electron chi connectivity index (χ4n) is 2.50. The van der Waals surface area contributed by atoms with Crippen LogP contribution in [-0.4, -0.2) is 31.4 Å².